The van der Waals surface area contributed by atoms with E-state index in [0.717, 1.165) is 18.0 Å². The third-order valence-electron chi connectivity index (χ3n) is 2.87. The number of esters is 1. The molecule has 2 aromatic rings. The third-order valence-corrected chi connectivity index (χ3v) is 3.51. The highest BCUT2D eigenvalue weighted by Crippen LogP contribution is 2.19. The number of nitrogens with one attached hydrogen (secondary N) is 2. The van der Waals surface area contributed by atoms with Crippen LogP contribution in [0.4, 0.5) is 15.5 Å². The van der Waals surface area contributed by atoms with Crippen molar-refractivity contribution in [3.8, 4) is 0 Å². The normalized spacial score (nSPS) is 10.4. The van der Waals surface area contributed by atoms with Gasteiger partial charge in [0.2, 0.25) is 5.69 Å². The van der Waals surface area contributed by atoms with Gasteiger partial charge in [0.05, 0.1) is 6.61 Å². The first-order chi connectivity index (χ1) is 11.1. The second kappa shape index (κ2) is 8.23. The number of rotatable bonds is 6. The summed E-state index contributed by atoms with van der Waals surface area (Å²) in [7, 11) is 0. The van der Waals surface area contributed by atoms with E-state index in [9.17, 15) is 9.59 Å². The van der Waals surface area contributed by atoms with E-state index in [0.29, 0.717) is 18.2 Å². The number of amides is 2. The molecule has 0 aliphatic carbocycles. The number of nitrogens with zero attached hydrogens (tertiary/aromatic N) is 2. The summed E-state index contributed by atoms with van der Waals surface area (Å²) in [5.41, 5.74) is 0.658. The molecule has 2 N–H and O–H groups in total. The molecule has 1 aromatic carbocycles. The smallest absolute Gasteiger partial charge is 0.362 e. The van der Waals surface area contributed by atoms with Crippen molar-refractivity contribution in [1.82, 2.24) is 9.59 Å². The second-order valence-electron chi connectivity index (χ2n) is 5.21. The van der Waals surface area contributed by atoms with Crippen LogP contribution in [0, 0.1) is 5.92 Å². The number of ether oxygens (including phenoxy) is 1. The highest BCUT2D eigenvalue weighted by atomic mass is 32.1. The standard InChI is InChI=1S/C15H18N4O3S/c1-10(2)8-9-22-14(20)12-13(23-19-18-12)17-15(21)16-11-6-4-3-5-7-11/h3-7,10H,8-9H2,1-2H3,(H2,16,17,21). The highest BCUT2D eigenvalue weighted by Gasteiger charge is 2.20. The van der Waals surface area contributed by atoms with Crippen molar-refractivity contribution in [2.75, 3.05) is 17.2 Å². The van der Waals surface area contributed by atoms with Gasteiger partial charge in [0.1, 0.15) is 0 Å². The monoisotopic (exact) mass is 334 g/mol. The predicted molar refractivity (Wildman–Crippen MR) is 88.7 cm³/mol. The van der Waals surface area contributed by atoms with Gasteiger partial charge in [-0.25, -0.2) is 9.59 Å². The van der Waals surface area contributed by atoms with Gasteiger partial charge in [-0.05, 0) is 24.5 Å². The lowest BCUT2D eigenvalue weighted by molar-refractivity contribution is 0.0482. The molecule has 2 rings (SSSR count). The number of carbonyl (C=O) groups is 2. The Morgan fingerprint density at radius 3 is 2.65 bits per heavy atom. The van der Waals surface area contributed by atoms with E-state index in [1.54, 1.807) is 24.3 Å². The fourth-order valence-electron chi connectivity index (χ4n) is 1.65. The molecule has 0 fully saturated rings. The zero-order valence-electron chi connectivity index (χ0n) is 12.9. The van der Waals surface area contributed by atoms with Crippen LogP contribution in [-0.4, -0.2) is 28.2 Å². The van der Waals surface area contributed by atoms with E-state index in [4.69, 9.17) is 4.74 Å². The molecular formula is C15H18N4O3S. The molecule has 0 aliphatic heterocycles. The van der Waals surface area contributed by atoms with Crippen LogP contribution >= 0.6 is 11.5 Å². The molecule has 1 heterocycles. The molecule has 7 nitrogen and oxygen atoms in total. The molecule has 1 aromatic heterocycles. The molecule has 8 heteroatoms. The number of benzene rings is 1. The van der Waals surface area contributed by atoms with E-state index in [-0.39, 0.29) is 10.7 Å². The van der Waals surface area contributed by atoms with Crippen LogP contribution in [-0.2, 0) is 4.74 Å². The summed E-state index contributed by atoms with van der Waals surface area (Å²) in [5, 5.41) is 9.20. The predicted octanol–water partition coefficient (Wildman–Crippen LogP) is 3.39. The Kier molecular flexibility index (Phi) is 6.04. The summed E-state index contributed by atoms with van der Waals surface area (Å²) >= 11 is 0.923. The fraction of sp³-hybridized carbons (Fsp3) is 0.333. The maximum Gasteiger partial charge on any atom is 0.362 e. The van der Waals surface area contributed by atoms with Crippen LogP contribution in [0.1, 0.15) is 30.8 Å². The van der Waals surface area contributed by atoms with Gasteiger partial charge < -0.3 is 10.1 Å². The minimum atomic E-state index is -0.589. The van der Waals surface area contributed by atoms with Gasteiger partial charge in [-0.1, -0.05) is 36.5 Å². The Labute approximate surface area is 138 Å². The molecule has 0 unspecified atom stereocenters. The molecule has 0 saturated carbocycles. The van der Waals surface area contributed by atoms with Gasteiger partial charge in [-0.15, -0.1) is 5.10 Å². The van der Waals surface area contributed by atoms with Gasteiger partial charge in [-0.3, -0.25) is 5.32 Å². The second-order valence-corrected chi connectivity index (χ2v) is 5.97. The number of hydrogen-bond acceptors (Lipinski definition) is 6. The van der Waals surface area contributed by atoms with Crippen molar-refractivity contribution in [3.63, 3.8) is 0 Å². The molecular weight excluding hydrogens is 316 g/mol. The Hall–Kier alpha value is -2.48. The third kappa shape index (κ3) is 5.33. The molecule has 0 atom stereocenters. The summed E-state index contributed by atoms with van der Waals surface area (Å²) < 4.78 is 8.83. The van der Waals surface area contributed by atoms with Crippen LogP contribution in [0.3, 0.4) is 0 Å². The van der Waals surface area contributed by atoms with Crippen LogP contribution in [0.2, 0.25) is 0 Å². The van der Waals surface area contributed by atoms with Crippen LogP contribution in [0.5, 0.6) is 0 Å². The summed E-state index contributed by atoms with van der Waals surface area (Å²) in [6.45, 7) is 4.39. The number of anilines is 2. The van der Waals surface area contributed by atoms with E-state index in [1.165, 1.54) is 0 Å². The molecule has 0 bridgehead atoms. The summed E-state index contributed by atoms with van der Waals surface area (Å²) in [4.78, 5) is 23.9. The zero-order chi connectivity index (χ0) is 16.7. The molecule has 0 spiro atoms. The van der Waals surface area contributed by atoms with Gasteiger partial charge >= 0.3 is 12.0 Å². The lowest BCUT2D eigenvalue weighted by atomic mass is 10.1. The minimum absolute atomic E-state index is 0.0157. The van der Waals surface area contributed by atoms with Crippen molar-refractivity contribution in [2.45, 2.75) is 20.3 Å². The zero-order valence-corrected chi connectivity index (χ0v) is 13.7. The quantitative estimate of drug-likeness (QED) is 0.790. The molecule has 2 amide bonds. The van der Waals surface area contributed by atoms with E-state index < -0.39 is 12.0 Å². The number of carbonyl (C=O) groups excluding carboxylic acids is 2. The Morgan fingerprint density at radius 2 is 1.96 bits per heavy atom. The first kappa shape index (κ1) is 16.9. The largest absolute Gasteiger partial charge is 0.461 e. The molecule has 0 aliphatic rings. The first-order valence-corrected chi connectivity index (χ1v) is 7.96. The van der Waals surface area contributed by atoms with Crippen molar-refractivity contribution in [3.05, 3.63) is 36.0 Å². The topological polar surface area (TPSA) is 93.2 Å². The van der Waals surface area contributed by atoms with Crippen LogP contribution < -0.4 is 10.6 Å². The van der Waals surface area contributed by atoms with E-state index in [1.807, 2.05) is 19.9 Å². The number of para-hydroxylation sites is 1. The molecule has 23 heavy (non-hydrogen) atoms. The fourth-order valence-corrected chi connectivity index (χ4v) is 2.20. The van der Waals surface area contributed by atoms with E-state index >= 15 is 0 Å². The Bertz CT molecular complexity index is 658. The van der Waals surface area contributed by atoms with Crippen molar-refractivity contribution in [2.24, 2.45) is 5.92 Å². The molecule has 0 saturated heterocycles. The summed E-state index contributed by atoms with van der Waals surface area (Å²) in [5.74, 6) is -0.153. The van der Waals surface area contributed by atoms with Crippen molar-refractivity contribution in [1.29, 1.82) is 0 Å². The van der Waals surface area contributed by atoms with Crippen LogP contribution in [0.25, 0.3) is 0 Å². The average Bonchev–Trinajstić information content (AvgIpc) is 2.95. The number of hydrogen-bond donors (Lipinski definition) is 2. The summed E-state index contributed by atoms with van der Waals surface area (Å²) in [6, 6.07) is 8.50. The van der Waals surface area contributed by atoms with Crippen molar-refractivity contribution < 1.29 is 14.3 Å². The highest BCUT2D eigenvalue weighted by molar-refractivity contribution is 7.10. The maximum atomic E-state index is 12.0. The molecule has 0 radical (unpaired) electrons. The SMILES string of the molecule is CC(C)CCOC(=O)c1nnsc1NC(=O)Nc1ccccc1. The van der Waals surface area contributed by atoms with Gasteiger partial charge in [0.25, 0.3) is 0 Å². The van der Waals surface area contributed by atoms with Crippen molar-refractivity contribution >= 4 is 34.2 Å². The van der Waals surface area contributed by atoms with Gasteiger partial charge in [-0.2, -0.15) is 0 Å². The summed E-state index contributed by atoms with van der Waals surface area (Å²) in [6.07, 6.45) is 0.764. The number of urea groups is 1. The lowest BCUT2D eigenvalue weighted by Crippen LogP contribution is -2.20. The average molecular weight is 334 g/mol. The van der Waals surface area contributed by atoms with Gasteiger partial charge in [0.15, 0.2) is 5.00 Å². The Balaban J connectivity index is 1.92. The van der Waals surface area contributed by atoms with E-state index in [2.05, 4.69) is 20.2 Å². The van der Waals surface area contributed by atoms with Crippen LogP contribution in [0.15, 0.2) is 30.3 Å². The minimum Gasteiger partial charge on any atom is -0.461 e. The maximum absolute atomic E-state index is 12.0. The number of aromatic nitrogens is 2. The van der Waals surface area contributed by atoms with Gasteiger partial charge in [0, 0.05) is 17.2 Å². The molecule has 122 valence electrons. The first-order valence-electron chi connectivity index (χ1n) is 7.18. The Morgan fingerprint density at radius 1 is 1.22 bits per heavy atom. The lowest BCUT2D eigenvalue weighted by Gasteiger charge is -2.07.